The van der Waals surface area contributed by atoms with E-state index in [0.717, 1.165) is 17.9 Å². The van der Waals surface area contributed by atoms with Crippen LogP contribution in [0.1, 0.15) is 27.2 Å². The van der Waals surface area contributed by atoms with Crippen molar-refractivity contribution < 1.29 is 14.3 Å². The smallest absolute Gasteiger partial charge is 0.230 e. The zero-order chi connectivity index (χ0) is 13.2. The summed E-state index contributed by atoms with van der Waals surface area (Å²) in [6.45, 7) is 6.98. The number of hydrogen-bond acceptors (Lipinski definition) is 3. The van der Waals surface area contributed by atoms with Crippen molar-refractivity contribution in [3.8, 4) is 11.5 Å². The minimum absolute atomic E-state index is 0.0154. The molecule has 0 fully saturated rings. The van der Waals surface area contributed by atoms with Crippen molar-refractivity contribution in [2.45, 2.75) is 27.2 Å². The molecule has 4 nitrogen and oxygen atoms in total. The number of nitrogens with one attached hydrogen (secondary N) is 1. The zero-order valence-electron chi connectivity index (χ0n) is 11.1. The average molecular weight is 249 g/mol. The van der Waals surface area contributed by atoms with E-state index < -0.39 is 0 Å². The van der Waals surface area contributed by atoms with Gasteiger partial charge in [-0.3, -0.25) is 4.79 Å². The summed E-state index contributed by atoms with van der Waals surface area (Å²) in [5.41, 5.74) is 0.374. The normalized spacial score (nSPS) is 14.2. The van der Waals surface area contributed by atoms with Gasteiger partial charge in [0.2, 0.25) is 5.91 Å². The molecule has 0 aliphatic carbocycles. The summed E-state index contributed by atoms with van der Waals surface area (Å²) < 4.78 is 10.9. The quantitative estimate of drug-likeness (QED) is 0.896. The summed E-state index contributed by atoms with van der Waals surface area (Å²) in [5, 5.41) is 2.91. The van der Waals surface area contributed by atoms with Crippen molar-refractivity contribution in [2.75, 3.05) is 18.5 Å². The van der Waals surface area contributed by atoms with Crippen LogP contribution >= 0.6 is 0 Å². The molecule has 18 heavy (non-hydrogen) atoms. The molecule has 1 N–H and O–H groups in total. The number of carbonyl (C=O) groups is 1. The molecule has 0 atom stereocenters. The topological polar surface area (TPSA) is 47.6 Å². The van der Waals surface area contributed by atoms with Crippen molar-refractivity contribution in [1.29, 1.82) is 0 Å². The van der Waals surface area contributed by atoms with Crippen LogP contribution in [-0.4, -0.2) is 19.1 Å². The first-order chi connectivity index (χ1) is 8.53. The van der Waals surface area contributed by atoms with E-state index in [2.05, 4.69) is 5.32 Å². The van der Waals surface area contributed by atoms with Gasteiger partial charge in [0.1, 0.15) is 13.2 Å². The predicted octanol–water partition coefficient (Wildman–Crippen LogP) is 2.83. The Labute approximate surface area is 107 Å². The lowest BCUT2D eigenvalue weighted by molar-refractivity contribution is -0.124. The first-order valence-corrected chi connectivity index (χ1v) is 6.24. The summed E-state index contributed by atoms with van der Waals surface area (Å²) in [6, 6.07) is 5.46. The third kappa shape index (κ3) is 2.58. The lowest BCUT2D eigenvalue weighted by Crippen LogP contribution is -2.30. The molecule has 0 saturated carbocycles. The van der Waals surface area contributed by atoms with Gasteiger partial charge in [0.15, 0.2) is 11.5 Å². The fraction of sp³-hybridized carbons (Fsp3) is 0.500. The molecule has 0 aromatic heterocycles. The lowest BCUT2D eigenvalue weighted by atomic mass is 9.89. The SMILES string of the molecule is CCC(C)(C)C(=O)Nc1ccc2c(c1)OCCO2. The van der Waals surface area contributed by atoms with Gasteiger partial charge in [0, 0.05) is 17.2 Å². The van der Waals surface area contributed by atoms with Crippen LogP contribution in [-0.2, 0) is 4.79 Å². The molecule has 1 amide bonds. The number of rotatable bonds is 3. The van der Waals surface area contributed by atoms with Crippen LogP contribution in [0.15, 0.2) is 18.2 Å². The van der Waals surface area contributed by atoms with E-state index in [0.29, 0.717) is 19.0 Å². The van der Waals surface area contributed by atoms with E-state index in [-0.39, 0.29) is 11.3 Å². The van der Waals surface area contributed by atoms with E-state index in [9.17, 15) is 4.79 Å². The van der Waals surface area contributed by atoms with Gasteiger partial charge < -0.3 is 14.8 Å². The van der Waals surface area contributed by atoms with E-state index in [1.54, 1.807) is 6.07 Å². The first kappa shape index (κ1) is 12.7. The van der Waals surface area contributed by atoms with Gasteiger partial charge in [0.25, 0.3) is 0 Å². The van der Waals surface area contributed by atoms with E-state index in [1.165, 1.54) is 0 Å². The third-order valence-corrected chi connectivity index (χ3v) is 3.30. The number of hydrogen-bond donors (Lipinski definition) is 1. The number of benzene rings is 1. The summed E-state index contributed by atoms with van der Waals surface area (Å²) in [4.78, 5) is 12.1. The Morgan fingerprint density at radius 3 is 2.61 bits per heavy atom. The Bertz CT molecular complexity index is 454. The molecule has 1 heterocycles. The summed E-state index contributed by atoms with van der Waals surface area (Å²) >= 11 is 0. The first-order valence-electron chi connectivity index (χ1n) is 6.24. The van der Waals surface area contributed by atoms with Gasteiger partial charge in [-0.15, -0.1) is 0 Å². The van der Waals surface area contributed by atoms with E-state index in [4.69, 9.17) is 9.47 Å². The van der Waals surface area contributed by atoms with Crippen LogP contribution in [0.25, 0.3) is 0 Å². The molecular weight excluding hydrogens is 230 g/mol. The van der Waals surface area contributed by atoms with Gasteiger partial charge in [-0.25, -0.2) is 0 Å². The second kappa shape index (κ2) is 4.88. The molecule has 4 heteroatoms. The van der Waals surface area contributed by atoms with Crippen LogP contribution in [0.5, 0.6) is 11.5 Å². The second-order valence-electron chi connectivity index (χ2n) is 5.05. The Morgan fingerprint density at radius 2 is 1.94 bits per heavy atom. The van der Waals surface area contributed by atoms with Crippen molar-refractivity contribution >= 4 is 11.6 Å². The monoisotopic (exact) mass is 249 g/mol. The highest BCUT2D eigenvalue weighted by Crippen LogP contribution is 2.33. The number of ether oxygens (including phenoxy) is 2. The Morgan fingerprint density at radius 1 is 1.28 bits per heavy atom. The maximum Gasteiger partial charge on any atom is 0.230 e. The van der Waals surface area contributed by atoms with Crippen LogP contribution in [0.2, 0.25) is 0 Å². The largest absolute Gasteiger partial charge is 0.486 e. The molecule has 0 radical (unpaired) electrons. The molecule has 0 saturated heterocycles. The molecular formula is C14H19NO3. The fourth-order valence-electron chi connectivity index (χ4n) is 1.58. The summed E-state index contributed by atoms with van der Waals surface area (Å²) in [6.07, 6.45) is 0.795. The van der Waals surface area contributed by atoms with Gasteiger partial charge in [-0.2, -0.15) is 0 Å². The molecule has 98 valence electrons. The van der Waals surface area contributed by atoms with Crippen LogP contribution in [0.4, 0.5) is 5.69 Å². The molecule has 0 unspecified atom stereocenters. The Balaban J connectivity index is 2.13. The molecule has 2 rings (SSSR count). The third-order valence-electron chi connectivity index (χ3n) is 3.30. The van der Waals surface area contributed by atoms with Crippen molar-refractivity contribution in [1.82, 2.24) is 0 Å². The average Bonchev–Trinajstić information content (AvgIpc) is 2.38. The number of carbonyl (C=O) groups excluding carboxylic acids is 1. The Hall–Kier alpha value is -1.71. The van der Waals surface area contributed by atoms with Crippen LogP contribution in [0.3, 0.4) is 0 Å². The van der Waals surface area contributed by atoms with Gasteiger partial charge in [0.05, 0.1) is 0 Å². The molecule has 0 bridgehead atoms. The number of anilines is 1. The fourth-order valence-corrected chi connectivity index (χ4v) is 1.58. The molecule has 0 spiro atoms. The van der Waals surface area contributed by atoms with Crippen molar-refractivity contribution in [2.24, 2.45) is 5.41 Å². The molecule has 1 aliphatic rings. The van der Waals surface area contributed by atoms with E-state index >= 15 is 0 Å². The minimum atomic E-state index is -0.368. The Kier molecular flexibility index (Phi) is 3.45. The van der Waals surface area contributed by atoms with Gasteiger partial charge in [-0.05, 0) is 18.6 Å². The zero-order valence-corrected chi connectivity index (χ0v) is 11.1. The van der Waals surface area contributed by atoms with Crippen molar-refractivity contribution in [3.05, 3.63) is 18.2 Å². The van der Waals surface area contributed by atoms with Crippen molar-refractivity contribution in [3.63, 3.8) is 0 Å². The van der Waals surface area contributed by atoms with E-state index in [1.807, 2.05) is 32.9 Å². The second-order valence-corrected chi connectivity index (χ2v) is 5.05. The van der Waals surface area contributed by atoms with Crippen LogP contribution < -0.4 is 14.8 Å². The standard InChI is InChI=1S/C14H19NO3/c1-4-14(2,3)13(16)15-10-5-6-11-12(9-10)18-8-7-17-11/h5-6,9H,4,7-8H2,1-3H3,(H,15,16). The highest BCUT2D eigenvalue weighted by molar-refractivity contribution is 5.95. The highest BCUT2D eigenvalue weighted by Gasteiger charge is 2.25. The highest BCUT2D eigenvalue weighted by atomic mass is 16.6. The lowest BCUT2D eigenvalue weighted by Gasteiger charge is -2.23. The molecule has 1 aromatic carbocycles. The number of fused-ring (bicyclic) bond motifs is 1. The van der Waals surface area contributed by atoms with Crippen LogP contribution in [0, 0.1) is 5.41 Å². The molecule has 1 aliphatic heterocycles. The minimum Gasteiger partial charge on any atom is -0.486 e. The van der Waals surface area contributed by atoms with Gasteiger partial charge in [-0.1, -0.05) is 20.8 Å². The summed E-state index contributed by atoms with van der Waals surface area (Å²) in [7, 11) is 0. The predicted molar refractivity (Wildman–Crippen MR) is 70.1 cm³/mol. The summed E-state index contributed by atoms with van der Waals surface area (Å²) in [5.74, 6) is 1.43. The maximum atomic E-state index is 12.1. The molecule has 1 aromatic rings. The number of amides is 1. The van der Waals surface area contributed by atoms with Gasteiger partial charge >= 0.3 is 0 Å². The maximum absolute atomic E-state index is 12.1.